The van der Waals surface area contributed by atoms with Crippen molar-refractivity contribution in [3.8, 4) is 0 Å². The van der Waals surface area contributed by atoms with E-state index in [1.807, 2.05) is 6.92 Å². The molecule has 0 atom stereocenters. The molecular formula is C10H15NOS. The van der Waals surface area contributed by atoms with Gasteiger partial charge in [-0.05, 0) is 19.8 Å². The second-order valence-electron chi connectivity index (χ2n) is 3.69. The van der Waals surface area contributed by atoms with Crippen molar-refractivity contribution in [3.63, 3.8) is 0 Å². The molecule has 0 bridgehead atoms. The molecule has 72 valence electrons. The Morgan fingerprint density at radius 3 is 2.69 bits per heavy atom. The highest BCUT2D eigenvalue weighted by atomic mass is 32.1. The number of rotatable bonds is 2. The van der Waals surface area contributed by atoms with Crippen LogP contribution in [-0.4, -0.2) is 10.1 Å². The van der Waals surface area contributed by atoms with Crippen molar-refractivity contribution in [2.75, 3.05) is 0 Å². The molecule has 0 amide bonds. The van der Waals surface area contributed by atoms with E-state index >= 15 is 0 Å². The first kappa shape index (κ1) is 9.16. The van der Waals surface area contributed by atoms with Gasteiger partial charge in [0.15, 0.2) is 0 Å². The summed E-state index contributed by atoms with van der Waals surface area (Å²) in [5.41, 5.74) is 0.881. The van der Waals surface area contributed by atoms with E-state index < -0.39 is 0 Å². The van der Waals surface area contributed by atoms with Crippen molar-refractivity contribution < 1.29 is 5.11 Å². The number of aromatic nitrogens is 1. The Labute approximate surface area is 82.6 Å². The first-order valence-corrected chi connectivity index (χ1v) is 5.70. The maximum absolute atomic E-state index is 9.02. The minimum absolute atomic E-state index is 0.0923. The molecule has 1 N–H and O–H groups in total. The fourth-order valence-electron chi connectivity index (χ4n) is 1.94. The molecule has 0 radical (unpaired) electrons. The third kappa shape index (κ3) is 1.76. The summed E-state index contributed by atoms with van der Waals surface area (Å²) in [6.45, 7) is 2.14. The molecule has 1 aromatic heterocycles. The average molecular weight is 197 g/mol. The molecule has 1 aromatic rings. The fraction of sp³-hybridized carbons (Fsp3) is 0.700. The van der Waals surface area contributed by atoms with Crippen LogP contribution in [0.1, 0.15) is 47.2 Å². The van der Waals surface area contributed by atoms with Gasteiger partial charge in [0.1, 0.15) is 0 Å². The first-order valence-electron chi connectivity index (χ1n) is 4.88. The predicted octanol–water partition coefficient (Wildman–Crippen LogP) is 2.60. The number of hydrogen-bond donors (Lipinski definition) is 1. The Morgan fingerprint density at radius 1 is 1.46 bits per heavy atom. The molecule has 1 aliphatic carbocycles. The summed E-state index contributed by atoms with van der Waals surface area (Å²) in [5.74, 6) is 0.684. The molecule has 1 heterocycles. The molecule has 0 spiro atoms. The lowest BCUT2D eigenvalue weighted by Crippen LogP contribution is -1.92. The molecule has 0 unspecified atom stereocenters. The number of hydrogen-bond acceptors (Lipinski definition) is 3. The van der Waals surface area contributed by atoms with Crippen LogP contribution in [0.4, 0.5) is 0 Å². The number of thiazole rings is 1. The zero-order valence-corrected chi connectivity index (χ0v) is 8.73. The quantitative estimate of drug-likeness (QED) is 0.790. The second kappa shape index (κ2) is 3.76. The van der Waals surface area contributed by atoms with Gasteiger partial charge in [0.05, 0.1) is 17.3 Å². The molecular weight excluding hydrogens is 182 g/mol. The molecule has 3 heteroatoms. The van der Waals surface area contributed by atoms with Gasteiger partial charge in [0, 0.05) is 10.8 Å². The average Bonchev–Trinajstić information content (AvgIpc) is 2.71. The standard InChI is InChI=1S/C10H15NOS/c1-7-9(6-12)11-10(13-7)8-4-2-3-5-8/h8,12H,2-6H2,1H3. The highest BCUT2D eigenvalue weighted by molar-refractivity contribution is 7.11. The van der Waals surface area contributed by atoms with Gasteiger partial charge in [-0.15, -0.1) is 11.3 Å². The molecule has 2 rings (SSSR count). The van der Waals surface area contributed by atoms with Crippen LogP contribution in [0, 0.1) is 6.92 Å². The van der Waals surface area contributed by atoms with Crippen molar-refractivity contribution in [2.45, 2.75) is 45.1 Å². The van der Waals surface area contributed by atoms with Gasteiger partial charge in [0.25, 0.3) is 0 Å². The van der Waals surface area contributed by atoms with E-state index in [9.17, 15) is 0 Å². The molecule has 1 saturated carbocycles. The van der Waals surface area contributed by atoms with Crippen LogP contribution >= 0.6 is 11.3 Å². The predicted molar refractivity (Wildman–Crippen MR) is 54.0 cm³/mol. The summed E-state index contributed by atoms with van der Waals surface area (Å²) in [6, 6.07) is 0. The van der Waals surface area contributed by atoms with Crippen LogP contribution < -0.4 is 0 Å². The third-order valence-electron chi connectivity index (χ3n) is 2.76. The lowest BCUT2D eigenvalue weighted by atomic mass is 10.1. The summed E-state index contributed by atoms with van der Waals surface area (Å²) < 4.78 is 0. The van der Waals surface area contributed by atoms with Gasteiger partial charge in [-0.1, -0.05) is 12.8 Å². The van der Waals surface area contributed by atoms with Crippen LogP contribution in [0.25, 0.3) is 0 Å². The van der Waals surface area contributed by atoms with Crippen LogP contribution in [-0.2, 0) is 6.61 Å². The van der Waals surface area contributed by atoms with Crippen molar-refractivity contribution >= 4 is 11.3 Å². The Kier molecular flexibility index (Phi) is 2.65. The summed E-state index contributed by atoms with van der Waals surface area (Å²) in [6.07, 6.45) is 5.27. The number of aliphatic hydroxyl groups is 1. The van der Waals surface area contributed by atoms with E-state index in [4.69, 9.17) is 5.11 Å². The van der Waals surface area contributed by atoms with Gasteiger partial charge in [0.2, 0.25) is 0 Å². The van der Waals surface area contributed by atoms with E-state index in [0.717, 1.165) is 5.69 Å². The monoisotopic (exact) mass is 197 g/mol. The topological polar surface area (TPSA) is 33.1 Å². The van der Waals surface area contributed by atoms with Crippen LogP contribution in [0.15, 0.2) is 0 Å². The molecule has 0 aromatic carbocycles. The Morgan fingerprint density at radius 2 is 2.15 bits per heavy atom. The molecule has 0 aliphatic heterocycles. The normalized spacial score (nSPS) is 18.3. The zero-order valence-electron chi connectivity index (χ0n) is 7.92. The minimum atomic E-state index is 0.0923. The van der Waals surface area contributed by atoms with Crippen molar-refractivity contribution in [3.05, 3.63) is 15.6 Å². The molecule has 2 nitrogen and oxygen atoms in total. The van der Waals surface area contributed by atoms with E-state index in [1.165, 1.54) is 35.6 Å². The van der Waals surface area contributed by atoms with Gasteiger partial charge in [-0.2, -0.15) is 0 Å². The second-order valence-corrected chi connectivity index (χ2v) is 4.93. The Bertz CT molecular complexity index is 289. The lowest BCUT2D eigenvalue weighted by molar-refractivity contribution is 0.276. The van der Waals surface area contributed by atoms with Crippen molar-refractivity contribution in [1.82, 2.24) is 4.98 Å². The molecule has 13 heavy (non-hydrogen) atoms. The van der Waals surface area contributed by atoms with Crippen LogP contribution in [0.2, 0.25) is 0 Å². The highest BCUT2D eigenvalue weighted by Gasteiger charge is 2.21. The van der Waals surface area contributed by atoms with Crippen LogP contribution in [0.5, 0.6) is 0 Å². The first-order chi connectivity index (χ1) is 6.31. The molecule has 1 fully saturated rings. The SMILES string of the molecule is Cc1sc(C2CCCC2)nc1CO. The summed E-state index contributed by atoms with van der Waals surface area (Å²) in [7, 11) is 0. The third-order valence-corrected chi connectivity index (χ3v) is 3.94. The zero-order chi connectivity index (χ0) is 9.26. The molecule has 0 saturated heterocycles. The largest absolute Gasteiger partial charge is 0.390 e. The van der Waals surface area contributed by atoms with E-state index in [2.05, 4.69) is 4.98 Å². The summed E-state index contributed by atoms with van der Waals surface area (Å²) in [4.78, 5) is 5.66. The summed E-state index contributed by atoms with van der Waals surface area (Å²) in [5, 5.41) is 10.3. The van der Waals surface area contributed by atoms with E-state index in [-0.39, 0.29) is 6.61 Å². The smallest absolute Gasteiger partial charge is 0.0962 e. The lowest BCUT2D eigenvalue weighted by Gasteiger charge is -2.02. The van der Waals surface area contributed by atoms with E-state index in [1.54, 1.807) is 11.3 Å². The van der Waals surface area contributed by atoms with Crippen molar-refractivity contribution in [1.29, 1.82) is 0 Å². The van der Waals surface area contributed by atoms with Gasteiger partial charge < -0.3 is 5.11 Å². The minimum Gasteiger partial charge on any atom is -0.390 e. The fourth-order valence-corrected chi connectivity index (χ4v) is 3.04. The Balaban J connectivity index is 2.20. The number of nitrogens with zero attached hydrogens (tertiary/aromatic N) is 1. The highest BCUT2D eigenvalue weighted by Crippen LogP contribution is 2.36. The maximum atomic E-state index is 9.02. The van der Waals surface area contributed by atoms with Gasteiger partial charge in [-0.3, -0.25) is 0 Å². The number of aryl methyl sites for hydroxylation is 1. The van der Waals surface area contributed by atoms with Gasteiger partial charge in [-0.25, -0.2) is 4.98 Å². The van der Waals surface area contributed by atoms with Crippen LogP contribution in [0.3, 0.4) is 0 Å². The van der Waals surface area contributed by atoms with E-state index in [0.29, 0.717) is 5.92 Å². The summed E-state index contributed by atoms with van der Waals surface area (Å²) >= 11 is 1.77. The Hall–Kier alpha value is -0.410. The van der Waals surface area contributed by atoms with Gasteiger partial charge >= 0.3 is 0 Å². The molecule has 1 aliphatic rings. The number of aliphatic hydroxyl groups excluding tert-OH is 1. The van der Waals surface area contributed by atoms with Crippen molar-refractivity contribution in [2.24, 2.45) is 0 Å². The maximum Gasteiger partial charge on any atom is 0.0962 e.